The Balaban J connectivity index is 1.78. The van der Waals surface area contributed by atoms with Crippen molar-refractivity contribution in [3.8, 4) is 0 Å². The van der Waals surface area contributed by atoms with Crippen LogP contribution in [0.15, 0.2) is 29.3 Å². The third-order valence-corrected chi connectivity index (χ3v) is 4.09. The van der Waals surface area contributed by atoms with Crippen molar-refractivity contribution in [2.75, 3.05) is 44.2 Å². The molecule has 1 aliphatic heterocycles. The molecule has 3 N–H and O–H groups in total. The van der Waals surface area contributed by atoms with E-state index >= 15 is 0 Å². The summed E-state index contributed by atoms with van der Waals surface area (Å²) in [4.78, 5) is 8.99. The Morgan fingerprint density at radius 3 is 2.35 bits per heavy atom. The topological polar surface area (TPSA) is 56.9 Å². The maximum Gasteiger partial charge on any atom is 0.191 e. The smallest absolute Gasteiger partial charge is 0.191 e. The van der Waals surface area contributed by atoms with Crippen molar-refractivity contribution in [2.24, 2.45) is 10.7 Å². The molecule has 1 aromatic carbocycles. The van der Waals surface area contributed by atoms with E-state index in [2.05, 4.69) is 53.0 Å². The van der Waals surface area contributed by atoms with Gasteiger partial charge in [-0.3, -0.25) is 4.99 Å². The molecule has 0 aromatic heterocycles. The van der Waals surface area contributed by atoms with E-state index in [1.807, 2.05) is 12.1 Å². The predicted octanol–water partition coefficient (Wildman–Crippen LogP) is 2.16. The van der Waals surface area contributed by atoms with Gasteiger partial charge < -0.3 is 20.9 Å². The number of aliphatic imine (C=N–C) groups is 1. The number of nitrogens with zero attached hydrogens (tertiary/aromatic N) is 3. The first-order valence-corrected chi connectivity index (χ1v) is 8.53. The third-order valence-electron chi connectivity index (χ3n) is 3.84. The van der Waals surface area contributed by atoms with Crippen LogP contribution in [0.4, 0.5) is 5.69 Å². The molecule has 5 nitrogen and oxygen atoms in total. The number of hydrogen-bond acceptors (Lipinski definition) is 3. The fourth-order valence-electron chi connectivity index (χ4n) is 2.55. The van der Waals surface area contributed by atoms with Crippen molar-refractivity contribution in [2.45, 2.75) is 26.3 Å². The molecule has 1 saturated heterocycles. The van der Waals surface area contributed by atoms with Crippen molar-refractivity contribution < 1.29 is 0 Å². The average Bonchev–Trinajstić information content (AvgIpc) is 2.51. The standard InChI is InChI=1S/C17H28ClN5/c1-17(2,3)21-9-8-20-16(19)23-12-10-22(11-13-23)15-6-4-14(18)5-7-15/h4-7,21H,8-13H2,1-3H3,(H2,19,20). The van der Waals surface area contributed by atoms with E-state index in [1.54, 1.807) is 0 Å². The van der Waals surface area contributed by atoms with Crippen molar-refractivity contribution in [1.29, 1.82) is 0 Å². The molecule has 0 amide bonds. The summed E-state index contributed by atoms with van der Waals surface area (Å²) in [6.45, 7) is 11.7. The van der Waals surface area contributed by atoms with E-state index in [9.17, 15) is 0 Å². The highest BCUT2D eigenvalue weighted by Crippen LogP contribution is 2.19. The Morgan fingerprint density at radius 1 is 1.17 bits per heavy atom. The zero-order valence-electron chi connectivity index (χ0n) is 14.3. The molecule has 6 heteroatoms. The number of guanidine groups is 1. The van der Waals surface area contributed by atoms with E-state index in [1.165, 1.54) is 5.69 Å². The Kier molecular flexibility index (Phi) is 6.13. The second-order valence-corrected chi connectivity index (χ2v) is 7.30. The van der Waals surface area contributed by atoms with E-state index in [-0.39, 0.29) is 5.54 Å². The lowest BCUT2D eigenvalue weighted by atomic mass is 10.1. The molecule has 1 aliphatic rings. The van der Waals surface area contributed by atoms with Gasteiger partial charge in [0, 0.05) is 49.0 Å². The summed E-state index contributed by atoms with van der Waals surface area (Å²) in [6.07, 6.45) is 0. The number of anilines is 1. The van der Waals surface area contributed by atoms with Gasteiger partial charge in [0.05, 0.1) is 6.54 Å². The molecular formula is C17H28ClN5. The average molecular weight is 338 g/mol. The molecule has 0 radical (unpaired) electrons. The van der Waals surface area contributed by atoms with Crippen LogP contribution in [-0.2, 0) is 0 Å². The quantitative estimate of drug-likeness (QED) is 0.502. The van der Waals surface area contributed by atoms with Crippen LogP contribution in [0.2, 0.25) is 5.02 Å². The van der Waals surface area contributed by atoms with Gasteiger partial charge in [0.15, 0.2) is 5.96 Å². The van der Waals surface area contributed by atoms with E-state index in [0.29, 0.717) is 12.5 Å². The number of rotatable bonds is 4. The SMILES string of the molecule is CC(C)(C)NCCN=C(N)N1CCN(c2ccc(Cl)cc2)CC1. The molecule has 0 saturated carbocycles. The van der Waals surface area contributed by atoms with Gasteiger partial charge >= 0.3 is 0 Å². The van der Waals surface area contributed by atoms with Gasteiger partial charge in [-0.15, -0.1) is 0 Å². The number of hydrogen-bond donors (Lipinski definition) is 2. The second kappa shape index (κ2) is 7.88. The molecular weight excluding hydrogens is 310 g/mol. The molecule has 1 aromatic rings. The maximum absolute atomic E-state index is 6.11. The monoisotopic (exact) mass is 337 g/mol. The summed E-state index contributed by atoms with van der Waals surface area (Å²) in [7, 11) is 0. The lowest BCUT2D eigenvalue weighted by Crippen LogP contribution is -2.51. The largest absolute Gasteiger partial charge is 0.370 e. The van der Waals surface area contributed by atoms with Gasteiger partial charge in [-0.1, -0.05) is 11.6 Å². The second-order valence-electron chi connectivity index (χ2n) is 6.87. The van der Waals surface area contributed by atoms with Gasteiger partial charge in [-0.2, -0.15) is 0 Å². The normalized spacial score (nSPS) is 16.8. The van der Waals surface area contributed by atoms with Crippen molar-refractivity contribution in [1.82, 2.24) is 10.2 Å². The van der Waals surface area contributed by atoms with Crippen LogP contribution in [-0.4, -0.2) is 55.7 Å². The number of halogens is 1. The Hall–Kier alpha value is -1.46. The van der Waals surface area contributed by atoms with Crippen molar-refractivity contribution in [3.05, 3.63) is 29.3 Å². The Bertz CT molecular complexity index is 513. The third kappa shape index (κ3) is 5.92. The summed E-state index contributed by atoms with van der Waals surface area (Å²) < 4.78 is 0. The van der Waals surface area contributed by atoms with Crippen LogP contribution in [0, 0.1) is 0 Å². The van der Waals surface area contributed by atoms with Crippen molar-refractivity contribution >= 4 is 23.2 Å². The first-order valence-electron chi connectivity index (χ1n) is 8.15. The summed E-state index contributed by atoms with van der Waals surface area (Å²) in [5, 5.41) is 4.18. The molecule has 0 bridgehead atoms. The van der Waals surface area contributed by atoms with Crippen LogP contribution in [0.1, 0.15) is 20.8 Å². The number of piperazine rings is 1. The maximum atomic E-state index is 6.11. The fraction of sp³-hybridized carbons (Fsp3) is 0.588. The predicted molar refractivity (Wildman–Crippen MR) is 99.5 cm³/mol. The Labute approximate surface area is 144 Å². The molecule has 23 heavy (non-hydrogen) atoms. The van der Waals surface area contributed by atoms with Crippen LogP contribution in [0.5, 0.6) is 0 Å². The molecule has 128 valence electrons. The fourth-order valence-corrected chi connectivity index (χ4v) is 2.67. The summed E-state index contributed by atoms with van der Waals surface area (Å²) >= 11 is 5.94. The molecule has 0 spiro atoms. The van der Waals surface area contributed by atoms with Gasteiger partial charge in [-0.25, -0.2) is 0 Å². The minimum Gasteiger partial charge on any atom is -0.370 e. The van der Waals surface area contributed by atoms with Crippen LogP contribution in [0.25, 0.3) is 0 Å². The zero-order chi connectivity index (χ0) is 16.9. The molecule has 0 aliphatic carbocycles. The molecule has 1 heterocycles. The summed E-state index contributed by atoms with van der Waals surface area (Å²) in [5.74, 6) is 0.650. The van der Waals surface area contributed by atoms with Crippen LogP contribution < -0.4 is 16.0 Å². The van der Waals surface area contributed by atoms with Gasteiger partial charge in [-0.05, 0) is 45.0 Å². The molecule has 0 unspecified atom stereocenters. The number of nitrogens with one attached hydrogen (secondary N) is 1. The molecule has 1 fully saturated rings. The van der Waals surface area contributed by atoms with E-state index in [0.717, 1.165) is 37.7 Å². The lowest BCUT2D eigenvalue weighted by molar-refractivity contribution is 0.379. The number of benzene rings is 1. The van der Waals surface area contributed by atoms with E-state index in [4.69, 9.17) is 17.3 Å². The first-order chi connectivity index (χ1) is 10.8. The Morgan fingerprint density at radius 2 is 1.78 bits per heavy atom. The van der Waals surface area contributed by atoms with Crippen LogP contribution in [0.3, 0.4) is 0 Å². The lowest BCUT2D eigenvalue weighted by Gasteiger charge is -2.36. The van der Waals surface area contributed by atoms with Crippen molar-refractivity contribution in [3.63, 3.8) is 0 Å². The summed E-state index contributed by atoms with van der Waals surface area (Å²) in [5.41, 5.74) is 7.44. The van der Waals surface area contributed by atoms with Gasteiger partial charge in [0.1, 0.15) is 0 Å². The summed E-state index contributed by atoms with van der Waals surface area (Å²) in [6, 6.07) is 7.99. The highest BCUT2D eigenvalue weighted by molar-refractivity contribution is 6.30. The highest BCUT2D eigenvalue weighted by atomic mass is 35.5. The first kappa shape index (κ1) is 17.9. The minimum atomic E-state index is 0.120. The van der Waals surface area contributed by atoms with Gasteiger partial charge in [0.2, 0.25) is 0 Å². The molecule has 0 atom stereocenters. The molecule has 2 rings (SSSR count). The zero-order valence-corrected chi connectivity index (χ0v) is 15.1. The van der Waals surface area contributed by atoms with E-state index < -0.39 is 0 Å². The van der Waals surface area contributed by atoms with Crippen LogP contribution >= 0.6 is 11.6 Å². The highest BCUT2D eigenvalue weighted by Gasteiger charge is 2.18. The number of nitrogens with two attached hydrogens (primary N) is 1. The van der Waals surface area contributed by atoms with Gasteiger partial charge in [0.25, 0.3) is 0 Å². The minimum absolute atomic E-state index is 0.120.